The normalized spacial score (nSPS) is 10.0. The molecule has 0 amide bonds. The molecule has 5 heteroatoms. The number of methoxy groups -OCH3 is 1. The molecular formula is C14H13N3O2. The first kappa shape index (κ1) is 12.8. The Balaban J connectivity index is 2.49. The number of nitrogens with zero attached hydrogens (tertiary/aromatic N) is 3. The summed E-state index contributed by atoms with van der Waals surface area (Å²) in [5.41, 5.74) is 3.34. The zero-order chi connectivity index (χ0) is 14.0. The maximum Gasteiger partial charge on any atom is 0.356 e. The third-order valence-corrected chi connectivity index (χ3v) is 2.90. The monoisotopic (exact) mass is 255 g/mol. The zero-order valence-electron chi connectivity index (χ0n) is 11.0. The first-order chi connectivity index (χ1) is 9.06. The van der Waals surface area contributed by atoms with E-state index in [0.29, 0.717) is 17.1 Å². The van der Waals surface area contributed by atoms with Gasteiger partial charge in [0.15, 0.2) is 5.69 Å². The van der Waals surface area contributed by atoms with Gasteiger partial charge in [-0.05, 0) is 30.2 Å². The first-order valence-electron chi connectivity index (χ1n) is 5.67. The van der Waals surface area contributed by atoms with E-state index in [2.05, 4.69) is 14.7 Å². The minimum atomic E-state index is -0.432. The Morgan fingerprint density at radius 2 is 2.16 bits per heavy atom. The van der Waals surface area contributed by atoms with E-state index in [1.165, 1.54) is 11.8 Å². The summed E-state index contributed by atoms with van der Waals surface area (Å²) < 4.78 is 6.15. The van der Waals surface area contributed by atoms with E-state index in [-0.39, 0.29) is 0 Å². The van der Waals surface area contributed by atoms with Crippen molar-refractivity contribution >= 4 is 11.7 Å². The van der Waals surface area contributed by atoms with Crippen LogP contribution >= 0.6 is 0 Å². The molecule has 19 heavy (non-hydrogen) atoms. The topological polar surface area (TPSA) is 48.5 Å². The summed E-state index contributed by atoms with van der Waals surface area (Å²) in [7, 11) is 3.01. The standard InChI is InChI=1S/C14H13N3O2/c1-9-5-6-10(7-11(9)15-2)12-8-13(14(18)19-4)17(3)16-12/h5-8H,1,3-4H3. The Morgan fingerprint density at radius 1 is 1.42 bits per heavy atom. The highest BCUT2D eigenvalue weighted by atomic mass is 16.5. The molecule has 0 bridgehead atoms. The lowest BCUT2D eigenvalue weighted by molar-refractivity contribution is 0.0588. The second-order valence-corrected chi connectivity index (χ2v) is 4.14. The summed E-state index contributed by atoms with van der Waals surface area (Å²) in [6, 6.07) is 7.18. The number of hydrogen-bond acceptors (Lipinski definition) is 3. The van der Waals surface area contributed by atoms with E-state index in [4.69, 9.17) is 6.57 Å². The zero-order valence-corrected chi connectivity index (χ0v) is 11.0. The van der Waals surface area contributed by atoms with Crippen molar-refractivity contribution in [1.29, 1.82) is 0 Å². The molecule has 5 nitrogen and oxygen atoms in total. The van der Waals surface area contributed by atoms with Gasteiger partial charge in [0.25, 0.3) is 0 Å². The molecule has 0 atom stereocenters. The Hall–Kier alpha value is -2.61. The highest BCUT2D eigenvalue weighted by molar-refractivity contribution is 5.89. The van der Waals surface area contributed by atoms with Crippen molar-refractivity contribution in [3.05, 3.63) is 46.9 Å². The van der Waals surface area contributed by atoms with Gasteiger partial charge in [-0.25, -0.2) is 9.64 Å². The molecule has 0 fully saturated rings. The lowest BCUT2D eigenvalue weighted by atomic mass is 10.1. The molecular weight excluding hydrogens is 242 g/mol. The highest BCUT2D eigenvalue weighted by Gasteiger charge is 2.14. The van der Waals surface area contributed by atoms with E-state index >= 15 is 0 Å². The van der Waals surface area contributed by atoms with Crippen LogP contribution in [0.15, 0.2) is 24.3 Å². The molecule has 2 rings (SSSR count). The molecule has 0 unspecified atom stereocenters. The minimum Gasteiger partial charge on any atom is -0.464 e. The fraction of sp³-hybridized carbons (Fsp3) is 0.214. The van der Waals surface area contributed by atoms with Crippen LogP contribution in [0.25, 0.3) is 16.1 Å². The number of hydrogen-bond donors (Lipinski definition) is 0. The lowest BCUT2D eigenvalue weighted by Gasteiger charge is -2.00. The van der Waals surface area contributed by atoms with Gasteiger partial charge in [0.05, 0.1) is 19.4 Å². The highest BCUT2D eigenvalue weighted by Crippen LogP contribution is 2.27. The molecule has 96 valence electrons. The van der Waals surface area contributed by atoms with Gasteiger partial charge < -0.3 is 4.74 Å². The van der Waals surface area contributed by atoms with E-state index in [1.807, 2.05) is 19.1 Å². The smallest absolute Gasteiger partial charge is 0.356 e. The number of ether oxygens (including phenoxy) is 1. The van der Waals surface area contributed by atoms with Crippen LogP contribution in [-0.4, -0.2) is 22.9 Å². The summed E-state index contributed by atoms with van der Waals surface area (Å²) in [6.07, 6.45) is 0. The van der Waals surface area contributed by atoms with E-state index < -0.39 is 5.97 Å². The van der Waals surface area contributed by atoms with Crippen molar-refractivity contribution in [3.63, 3.8) is 0 Å². The van der Waals surface area contributed by atoms with Crippen LogP contribution in [-0.2, 0) is 11.8 Å². The van der Waals surface area contributed by atoms with Crippen LogP contribution in [0.5, 0.6) is 0 Å². The van der Waals surface area contributed by atoms with Crippen LogP contribution < -0.4 is 0 Å². The number of carbonyl (C=O) groups excluding carboxylic acids is 1. The van der Waals surface area contributed by atoms with Gasteiger partial charge in [-0.2, -0.15) is 5.10 Å². The number of carbonyl (C=O) groups is 1. The van der Waals surface area contributed by atoms with Crippen LogP contribution in [0.3, 0.4) is 0 Å². The number of aromatic nitrogens is 2. The van der Waals surface area contributed by atoms with Crippen molar-refractivity contribution in [2.75, 3.05) is 7.11 Å². The third kappa shape index (κ3) is 2.33. The Bertz CT molecular complexity index is 680. The minimum absolute atomic E-state index is 0.377. The lowest BCUT2D eigenvalue weighted by Crippen LogP contribution is -2.07. The Kier molecular flexibility index (Phi) is 3.34. The van der Waals surface area contributed by atoms with Gasteiger partial charge in [-0.1, -0.05) is 12.1 Å². The van der Waals surface area contributed by atoms with Crippen molar-refractivity contribution in [2.45, 2.75) is 6.92 Å². The third-order valence-electron chi connectivity index (χ3n) is 2.90. The van der Waals surface area contributed by atoms with E-state index in [0.717, 1.165) is 11.1 Å². The fourth-order valence-corrected chi connectivity index (χ4v) is 1.79. The second kappa shape index (κ2) is 4.94. The SMILES string of the molecule is [C-]#[N+]c1cc(-c2cc(C(=O)OC)n(C)n2)ccc1C. The summed E-state index contributed by atoms with van der Waals surface area (Å²) in [4.78, 5) is 15.0. The molecule has 0 spiro atoms. The molecule has 0 saturated carbocycles. The van der Waals surface area contributed by atoms with Crippen molar-refractivity contribution < 1.29 is 9.53 Å². The number of rotatable bonds is 2. The average Bonchev–Trinajstić information content (AvgIpc) is 2.80. The summed E-state index contributed by atoms with van der Waals surface area (Å²) in [5.74, 6) is -0.432. The summed E-state index contributed by atoms with van der Waals surface area (Å²) in [6.45, 7) is 9.00. The summed E-state index contributed by atoms with van der Waals surface area (Å²) >= 11 is 0. The quantitative estimate of drug-likeness (QED) is 0.612. The average molecular weight is 255 g/mol. The second-order valence-electron chi connectivity index (χ2n) is 4.14. The molecule has 0 aliphatic rings. The molecule has 2 aromatic rings. The van der Waals surface area contributed by atoms with Crippen molar-refractivity contribution in [3.8, 4) is 11.3 Å². The summed E-state index contributed by atoms with van der Waals surface area (Å²) in [5, 5.41) is 4.27. The van der Waals surface area contributed by atoms with Gasteiger partial charge in [-0.3, -0.25) is 4.68 Å². The van der Waals surface area contributed by atoms with Gasteiger partial charge in [0, 0.05) is 7.05 Å². The van der Waals surface area contributed by atoms with Crippen molar-refractivity contribution in [1.82, 2.24) is 9.78 Å². The Labute approximate surface area is 111 Å². The predicted octanol–water partition coefficient (Wildman–Crippen LogP) is 2.73. The van der Waals surface area contributed by atoms with Gasteiger partial charge >= 0.3 is 5.97 Å². The van der Waals surface area contributed by atoms with Crippen LogP contribution in [0.1, 0.15) is 16.1 Å². The molecule has 0 aliphatic carbocycles. The van der Waals surface area contributed by atoms with Gasteiger partial charge in [-0.15, -0.1) is 0 Å². The predicted molar refractivity (Wildman–Crippen MR) is 71.0 cm³/mol. The first-order valence-corrected chi connectivity index (χ1v) is 5.67. The largest absolute Gasteiger partial charge is 0.464 e. The Morgan fingerprint density at radius 3 is 2.79 bits per heavy atom. The fourth-order valence-electron chi connectivity index (χ4n) is 1.79. The van der Waals surface area contributed by atoms with E-state index in [9.17, 15) is 4.79 Å². The number of aryl methyl sites for hydroxylation is 2. The number of benzene rings is 1. The molecule has 1 heterocycles. The van der Waals surface area contributed by atoms with E-state index in [1.54, 1.807) is 19.2 Å². The molecule has 0 radical (unpaired) electrons. The number of esters is 1. The van der Waals surface area contributed by atoms with Crippen molar-refractivity contribution in [2.24, 2.45) is 7.05 Å². The molecule has 0 N–H and O–H groups in total. The van der Waals surface area contributed by atoms with Crippen LogP contribution in [0.4, 0.5) is 5.69 Å². The van der Waals surface area contributed by atoms with Gasteiger partial charge in [0.1, 0.15) is 5.69 Å². The molecule has 0 aliphatic heterocycles. The molecule has 1 aromatic heterocycles. The van der Waals surface area contributed by atoms with Crippen LogP contribution in [0, 0.1) is 13.5 Å². The molecule has 0 saturated heterocycles. The maximum atomic E-state index is 11.5. The van der Waals surface area contributed by atoms with Crippen LogP contribution in [0.2, 0.25) is 0 Å². The molecule has 1 aromatic carbocycles. The maximum absolute atomic E-state index is 11.5. The van der Waals surface area contributed by atoms with Gasteiger partial charge in [0.2, 0.25) is 0 Å².